The number of carbonyl (C=O) groups is 1. The van der Waals surface area contributed by atoms with E-state index in [1.54, 1.807) is 6.07 Å². The van der Waals surface area contributed by atoms with Crippen molar-refractivity contribution in [1.29, 1.82) is 0 Å². The Bertz CT molecular complexity index is 1000. The number of benzene rings is 2. The normalized spacial score (nSPS) is 16.4. The lowest BCUT2D eigenvalue weighted by atomic mass is 10.1. The highest BCUT2D eigenvalue weighted by molar-refractivity contribution is 5.93. The third-order valence-electron chi connectivity index (χ3n) is 4.66. The summed E-state index contributed by atoms with van der Waals surface area (Å²) in [5.74, 6) is 0.594. The predicted octanol–water partition coefficient (Wildman–Crippen LogP) is 2.56. The smallest absolute Gasteiger partial charge is 0.337 e. The lowest BCUT2D eigenvalue weighted by Gasteiger charge is -2.15. The largest absolute Gasteiger partial charge is 0.507 e. The van der Waals surface area contributed by atoms with Gasteiger partial charge in [-0.2, -0.15) is 0 Å². The monoisotopic (exact) mass is 364 g/mol. The Labute approximate surface area is 156 Å². The fourth-order valence-corrected chi connectivity index (χ4v) is 3.24. The van der Waals surface area contributed by atoms with E-state index in [1.807, 2.05) is 24.3 Å². The minimum absolute atomic E-state index is 0.00594. The first kappa shape index (κ1) is 17.2. The van der Waals surface area contributed by atoms with Gasteiger partial charge in [0.15, 0.2) is 5.82 Å². The number of methoxy groups -OCH3 is 1. The number of nitrogens with zero attached hydrogens (tertiary/aromatic N) is 2. The Morgan fingerprint density at radius 3 is 2.89 bits per heavy atom. The summed E-state index contributed by atoms with van der Waals surface area (Å²) in [5.41, 5.74) is 1.48. The van der Waals surface area contributed by atoms with Crippen molar-refractivity contribution in [3.63, 3.8) is 0 Å². The Kier molecular flexibility index (Phi) is 4.60. The number of carbonyl (C=O) groups excluding carboxylic acids is 1. The van der Waals surface area contributed by atoms with Gasteiger partial charge in [0, 0.05) is 18.0 Å². The van der Waals surface area contributed by atoms with Gasteiger partial charge in [-0.1, -0.05) is 12.1 Å². The van der Waals surface area contributed by atoms with Gasteiger partial charge in [0.2, 0.25) is 0 Å². The van der Waals surface area contributed by atoms with E-state index in [9.17, 15) is 9.90 Å². The molecule has 138 valence electrons. The van der Waals surface area contributed by atoms with E-state index >= 15 is 0 Å². The number of hydrogen-bond acceptors (Lipinski definition) is 7. The fourth-order valence-electron chi connectivity index (χ4n) is 3.24. The van der Waals surface area contributed by atoms with E-state index in [2.05, 4.69) is 20.6 Å². The number of phenolic OH excluding ortho intramolecular Hbond substituents is 1. The molecule has 1 atom stereocenters. The van der Waals surface area contributed by atoms with Crippen LogP contribution in [0.4, 0.5) is 5.82 Å². The second-order valence-corrected chi connectivity index (χ2v) is 6.47. The van der Waals surface area contributed by atoms with Crippen LogP contribution in [0, 0.1) is 0 Å². The zero-order valence-corrected chi connectivity index (χ0v) is 14.9. The number of ether oxygens (including phenoxy) is 1. The summed E-state index contributed by atoms with van der Waals surface area (Å²) in [4.78, 5) is 21.1. The summed E-state index contributed by atoms with van der Waals surface area (Å²) in [7, 11) is 1.32. The van der Waals surface area contributed by atoms with Gasteiger partial charge in [0.25, 0.3) is 0 Å². The van der Waals surface area contributed by atoms with Crippen LogP contribution in [-0.2, 0) is 4.74 Å². The maximum Gasteiger partial charge on any atom is 0.337 e. The van der Waals surface area contributed by atoms with Crippen molar-refractivity contribution >= 4 is 22.7 Å². The molecule has 1 unspecified atom stereocenters. The van der Waals surface area contributed by atoms with E-state index in [0.29, 0.717) is 22.8 Å². The zero-order chi connectivity index (χ0) is 18.8. The molecule has 2 aromatic carbocycles. The first-order valence-electron chi connectivity index (χ1n) is 8.81. The first-order chi connectivity index (χ1) is 13.2. The van der Waals surface area contributed by atoms with Crippen molar-refractivity contribution in [1.82, 2.24) is 15.3 Å². The van der Waals surface area contributed by atoms with Crippen molar-refractivity contribution in [2.24, 2.45) is 0 Å². The fraction of sp³-hybridized carbons (Fsp3) is 0.250. The zero-order valence-electron chi connectivity index (χ0n) is 14.9. The molecular formula is C20H20N4O3. The van der Waals surface area contributed by atoms with Crippen LogP contribution in [0.1, 0.15) is 16.8 Å². The molecule has 1 aliphatic rings. The second-order valence-electron chi connectivity index (χ2n) is 6.47. The standard InChI is InChI=1S/C20H20N4O3/c1-27-20(26)12-6-7-17(25)15(10-12)19-23-16-5-3-2-4-14(16)18(24-19)22-13-8-9-21-11-13/h2-7,10,13,21,25H,8-9,11H2,1H3,(H,22,23,24). The van der Waals surface area contributed by atoms with Crippen molar-refractivity contribution in [2.45, 2.75) is 12.5 Å². The highest BCUT2D eigenvalue weighted by atomic mass is 16.5. The van der Waals surface area contributed by atoms with Crippen molar-refractivity contribution in [2.75, 3.05) is 25.5 Å². The van der Waals surface area contributed by atoms with E-state index in [4.69, 9.17) is 4.74 Å². The van der Waals surface area contributed by atoms with Crippen molar-refractivity contribution < 1.29 is 14.6 Å². The first-order valence-corrected chi connectivity index (χ1v) is 8.81. The lowest BCUT2D eigenvalue weighted by Crippen LogP contribution is -2.23. The molecule has 7 heteroatoms. The predicted molar refractivity (Wildman–Crippen MR) is 103 cm³/mol. The SMILES string of the molecule is COC(=O)c1ccc(O)c(-c2nc(NC3CCNC3)c3ccccc3n2)c1. The number of para-hydroxylation sites is 1. The maximum atomic E-state index is 11.9. The molecule has 4 rings (SSSR count). The van der Waals surface area contributed by atoms with Crippen LogP contribution in [-0.4, -0.2) is 47.3 Å². The van der Waals surface area contributed by atoms with Crippen molar-refractivity contribution in [3.8, 4) is 17.1 Å². The molecule has 1 aliphatic heterocycles. The van der Waals surface area contributed by atoms with Gasteiger partial charge in [0.1, 0.15) is 11.6 Å². The van der Waals surface area contributed by atoms with Crippen LogP contribution in [0.5, 0.6) is 5.75 Å². The number of nitrogens with one attached hydrogen (secondary N) is 2. The van der Waals surface area contributed by atoms with Crippen LogP contribution < -0.4 is 10.6 Å². The maximum absolute atomic E-state index is 11.9. The molecular weight excluding hydrogens is 344 g/mol. The molecule has 0 spiro atoms. The Morgan fingerprint density at radius 2 is 2.11 bits per heavy atom. The van der Waals surface area contributed by atoms with Gasteiger partial charge < -0.3 is 20.5 Å². The number of aromatic nitrogens is 2. The lowest BCUT2D eigenvalue weighted by molar-refractivity contribution is 0.0601. The van der Waals surface area contributed by atoms with E-state index in [1.165, 1.54) is 19.2 Å². The molecule has 3 N–H and O–H groups in total. The molecule has 1 aromatic heterocycles. The molecule has 3 aromatic rings. The summed E-state index contributed by atoms with van der Waals surface area (Å²) in [6, 6.07) is 12.5. The highest BCUT2D eigenvalue weighted by Crippen LogP contribution is 2.31. The quantitative estimate of drug-likeness (QED) is 0.612. The molecule has 7 nitrogen and oxygen atoms in total. The third-order valence-corrected chi connectivity index (χ3v) is 4.66. The highest BCUT2D eigenvalue weighted by Gasteiger charge is 2.19. The van der Waals surface area contributed by atoms with Crippen LogP contribution in [0.15, 0.2) is 42.5 Å². The number of fused-ring (bicyclic) bond motifs is 1. The van der Waals surface area contributed by atoms with Gasteiger partial charge in [-0.15, -0.1) is 0 Å². The Balaban J connectivity index is 1.83. The molecule has 0 saturated carbocycles. The van der Waals surface area contributed by atoms with E-state index in [0.717, 1.165) is 30.4 Å². The minimum atomic E-state index is -0.479. The summed E-state index contributed by atoms with van der Waals surface area (Å²) in [5, 5.41) is 18.0. The van der Waals surface area contributed by atoms with E-state index < -0.39 is 5.97 Å². The number of anilines is 1. The minimum Gasteiger partial charge on any atom is -0.507 e. The van der Waals surface area contributed by atoms with Gasteiger partial charge in [0.05, 0.1) is 23.8 Å². The number of hydrogen-bond donors (Lipinski definition) is 3. The molecule has 1 fully saturated rings. The van der Waals surface area contributed by atoms with Gasteiger partial charge in [-0.05, 0) is 43.3 Å². The molecule has 0 aliphatic carbocycles. The van der Waals surface area contributed by atoms with Crippen LogP contribution in [0.25, 0.3) is 22.3 Å². The molecule has 27 heavy (non-hydrogen) atoms. The second kappa shape index (κ2) is 7.20. The molecule has 2 heterocycles. The summed E-state index contributed by atoms with van der Waals surface area (Å²) >= 11 is 0. The topological polar surface area (TPSA) is 96.4 Å². The summed E-state index contributed by atoms with van der Waals surface area (Å²) in [6.45, 7) is 1.84. The van der Waals surface area contributed by atoms with Gasteiger partial charge in [-0.25, -0.2) is 14.8 Å². The number of esters is 1. The Morgan fingerprint density at radius 1 is 1.26 bits per heavy atom. The average Bonchev–Trinajstić information content (AvgIpc) is 3.20. The third kappa shape index (κ3) is 3.41. The molecule has 0 radical (unpaired) electrons. The summed E-state index contributed by atoms with van der Waals surface area (Å²) < 4.78 is 4.77. The molecule has 0 amide bonds. The van der Waals surface area contributed by atoms with Crippen LogP contribution in [0.3, 0.4) is 0 Å². The van der Waals surface area contributed by atoms with Gasteiger partial charge in [-0.3, -0.25) is 0 Å². The summed E-state index contributed by atoms with van der Waals surface area (Å²) in [6.07, 6.45) is 1.01. The number of rotatable bonds is 4. The van der Waals surface area contributed by atoms with Crippen LogP contribution >= 0.6 is 0 Å². The van der Waals surface area contributed by atoms with Crippen molar-refractivity contribution in [3.05, 3.63) is 48.0 Å². The number of aromatic hydroxyl groups is 1. The average molecular weight is 364 g/mol. The van der Waals surface area contributed by atoms with E-state index in [-0.39, 0.29) is 11.8 Å². The Hall–Kier alpha value is -3.19. The molecule has 0 bridgehead atoms. The molecule has 1 saturated heterocycles. The number of phenols is 1. The van der Waals surface area contributed by atoms with Crippen LogP contribution in [0.2, 0.25) is 0 Å². The van der Waals surface area contributed by atoms with Gasteiger partial charge >= 0.3 is 5.97 Å².